The molecule has 0 aliphatic rings. The standard InChI is InChI=1S/C28H50O4/c1-5-6-7-8-9-10-11-12-13-14-15-16-17-18-19-20-21-22-26(4)28(30)32-24-23-31-27(29)25(2)3/h22H,2,5-21,23-24H2,1,3-4H3. The van der Waals surface area contributed by atoms with Gasteiger partial charge in [-0.05, 0) is 26.7 Å². The van der Waals surface area contributed by atoms with E-state index in [0.717, 1.165) is 12.8 Å². The topological polar surface area (TPSA) is 52.6 Å². The normalized spacial score (nSPS) is 11.4. The number of hydrogen-bond acceptors (Lipinski definition) is 4. The zero-order valence-corrected chi connectivity index (χ0v) is 21.4. The first kappa shape index (κ1) is 30.4. The molecule has 0 radical (unpaired) electrons. The molecule has 0 rings (SSSR count). The molecule has 0 aliphatic heterocycles. The van der Waals surface area contributed by atoms with Crippen molar-refractivity contribution in [3.63, 3.8) is 0 Å². The van der Waals surface area contributed by atoms with Crippen LogP contribution in [0.2, 0.25) is 0 Å². The monoisotopic (exact) mass is 450 g/mol. The van der Waals surface area contributed by atoms with Crippen LogP contribution in [0.3, 0.4) is 0 Å². The van der Waals surface area contributed by atoms with E-state index in [1.54, 1.807) is 13.8 Å². The van der Waals surface area contributed by atoms with Crippen molar-refractivity contribution in [3.8, 4) is 0 Å². The Bertz CT molecular complexity index is 522. The highest BCUT2D eigenvalue weighted by atomic mass is 16.6. The maximum absolute atomic E-state index is 11.9. The predicted molar refractivity (Wildman–Crippen MR) is 135 cm³/mol. The van der Waals surface area contributed by atoms with E-state index in [0.29, 0.717) is 11.1 Å². The predicted octanol–water partition coefficient (Wildman–Crippen LogP) is 8.25. The molecule has 0 unspecified atom stereocenters. The van der Waals surface area contributed by atoms with Gasteiger partial charge in [0.1, 0.15) is 13.2 Å². The molecule has 0 amide bonds. The van der Waals surface area contributed by atoms with Gasteiger partial charge in [0.05, 0.1) is 0 Å². The third-order valence-corrected chi connectivity index (χ3v) is 5.73. The zero-order valence-electron chi connectivity index (χ0n) is 21.4. The lowest BCUT2D eigenvalue weighted by Crippen LogP contribution is -2.14. The summed E-state index contributed by atoms with van der Waals surface area (Å²) in [6.07, 6.45) is 24.6. The molecular formula is C28H50O4. The van der Waals surface area contributed by atoms with Crippen molar-refractivity contribution in [2.24, 2.45) is 0 Å². The second-order valence-corrected chi connectivity index (χ2v) is 9.03. The van der Waals surface area contributed by atoms with Crippen LogP contribution in [0.25, 0.3) is 0 Å². The van der Waals surface area contributed by atoms with Gasteiger partial charge in [0.25, 0.3) is 0 Å². The zero-order chi connectivity index (χ0) is 23.9. The van der Waals surface area contributed by atoms with E-state index < -0.39 is 5.97 Å². The molecule has 0 saturated carbocycles. The highest BCUT2D eigenvalue weighted by Crippen LogP contribution is 2.14. The summed E-state index contributed by atoms with van der Waals surface area (Å²) in [5.41, 5.74) is 0.961. The minimum absolute atomic E-state index is 0.0594. The quantitative estimate of drug-likeness (QED) is 0.0946. The molecule has 4 heteroatoms. The van der Waals surface area contributed by atoms with E-state index >= 15 is 0 Å². The fraction of sp³-hybridized carbons (Fsp3) is 0.786. The first-order chi connectivity index (χ1) is 15.5. The largest absolute Gasteiger partial charge is 0.459 e. The number of hydrogen-bond donors (Lipinski definition) is 0. The van der Waals surface area contributed by atoms with Gasteiger partial charge in [-0.1, -0.05) is 116 Å². The van der Waals surface area contributed by atoms with Crippen LogP contribution in [0, 0.1) is 0 Å². The van der Waals surface area contributed by atoms with Crippen LogP contribution in [0.4, 0.5) is 0 Å². The summed E-state index contributed by atoms with van der Waals surface area (Å²) in [5, 5.41) is 0. The smallest absolute Gasteiger partial charge is 0.333 e. The minimum Gasteiger partial charge on any atom is -0.459 e. The number of carbonyl (C=O) groups excluding carboxylic acids is 2. The molecule has 4 nitrogen and oxygen atoms in total. The Morgan fingerprint density at radius 2 is 1.00 bits per heavy atom. The molecule has 0 spiro atoms. The fourth-order valence-corrected chi connectivity index (χ4v) is 3.60. The van der Waals surface area contributed by atoms with Gasteiger partial charge in [-0.25, -0.2) is 9.59 Å². The van der Waals surface area contributed by atoms with E-state index in [1.807, 2.05) is 6.08 Å². The van der Waals surface area contributed by atoms with Crippen LogP contribution in [0.5, 0.6) is 0 Å². The van der Waals surface area contributed by atoms with Gasteiger partial charge < -0.3 is 9.47 Å². The Labute approximate surface area is 198 Å². The lowest BCUT2D eigenvalue weighted by Gasteiger charge is -2.06. The number of esters is 2. The van der Waals surface area contributed by atoms with Crippen LogP contribution in [-0.4, -0.2) is 25.2 Å². The highest BCUT2D eigenvalue weighted by Gasteiger charge is 2.07. The molecule has 0 N–H and O–H groups in total. The molecule has 0 saturated heterocycles. The lowest BCUT2D eigenvalue weighted by molar-refractivity contribution is -0.147. The molecule has 0 aromatic rings. The Hall–Kier alpha value is -1.58. The van der Waals surface area contributed by atoms with E-state index in [2.05, 4.69) is 13.5 Å². The average Bonchev–Trinajstić information content (AvgIpc) is 2.78. The molecule has 32 heavy (non-hydrogen) atoms. The van der Waals surface area contributed by atoms with Gasteiger partial charge in [0.15, 0.2) is 0 Å². The molecule has 0 fully saturated rings. The summed E-state index contributed by atoms with van der Waals surface area (Å²) < 4.78 is 10.00. The summed E-state index contributed by atoms with van der Waals surface area (Å²) in [5.74, 6) is -0.801. The van der Waals surface area contributed by atoms with E-state index in [1.165, 1.54) is 96.3 Å². The maximum Gasteiger partial charge on any atom is 0.333 e. The van der Waals surface area contributed by atoms with E-state index in [4.69, 9.17) is 9.47 Å². The summed E-state index contributed by atoms with van der Waals surface area (Å²) in [7, 11) is 0. The average molecular weight is 451 g/mol. The first-order valence-electron chi connectivity index (χ1n) is 13.2. The summed E-state index contributed by atoms with van der Waals surface area (Å²) in [6.45, 7) is 9.26. The van der Waals surface area contributed by atoms with E-state index in [-0.39, 0.29) is 19.2 Å². The number of unbranched alkanes of at least 4 members (excludes halogenated alkanes) is 16. The molecule has 0 bridgehead atoms. The Balaban J connectivity index is 3.42. The van der Waals surface area contributed by atoms with Crippen LogP contribution in [0.15, 0.2) is 23.8 Å². The van der Waals surface area contributed by atoms with Crippen LogP contribution in [0.1, 0.15) is 130 Å². The third kappa shape index (κ3) is 20.3. The molecule has 0 atom stereocenters. The SMILES string of the molecule is C=C(C)C(=O)OCCOC(=O)C(C)=CCCCCCCCCCCCCCCCCCC. The Kier molecular flexibility index (Phi) is 21.5. The second-order valence-electron chi connectivity index (χ2n) is 9.03. The molecule has 186 valence electrons. The number of carbonyl (C=O) groups is 2. The van der Waals surface area contributed by atoms with Gasteiger partial charge in [-0.2, -0.15) is 0 Å². The molecular weight excluding hydrogens is 400 g/mol. The van der Waals surface area contributed by atoms with E-state index in [9.17, 15) is 9.59 Å². The molecule has 0 aromatic heterocycles. The van der Waals surface area contributed by atoms with Crippen molar-refractivity contribution in [1.29, 1.82) is 0 Å². The van der Waals surface area contributed by atoms with Crippen molar-refractivity contribution in [3.05, 3.63) is 23.8 Å². The van der Waals surface area contributed by atoms with Crippen molar-refractivity contribution in [2.75, 3.05) is 13.2 Å². The van der Waals surface area contributed by atoms with Crippen molar-refractivity contribution in [2.45, 2.75) is 130 Å². The summed E-state index contributed by atoms with van der Waals surface area (Å²) in [4.78, 5) is 23.1. The van der Waals surface area contributed by atoms with Crippen molar-refractivity contribution >= 4 is 11.9 Å². The summed E-state index contributed by atoms with van der Waals surface area (Å²) >= 11 is 0. The van der Waals surface area contributed by atoms with Crippen molar-refractivity contribution in [1.82, 2.24) is 0 Å². The number of rotatable bonds is 22. The molecule has 0 aliphatic carbocycles. The van der Waals surface area contributed by atoms with Gasteiger partial charge in [0, 0.05) is 11.1 Å². The van der Waals surface area contributed by atoms with Crippen LogP contribution >= 0.6 is 0 Å². The fourth-order valence-electron chi connectivity index (χ4n) is 3.60. The Morgan fingerprint density at radius 3 is 1.41 bits per heavy atom. The van der Waals surface area contributed by atoms with Crippen molar-refractivity contribution < 1.29 is 19.1 Å². The highest BCUT2D eigenvalue weighted by molar-refractivity contribution is 5.88. The second kappa shape index (κ2) is 22.6. The van der Waals surface area contributed by atoms with Gasteiger partial charge in [0.2, 0.25) is 0 Å². The van der Waals surface area contributed by atoms with Gasteiger partial charge >= 0.3 is 11.9 Å². The first-order valence-corrected chi connectivity index (χ1v) is 13.2. The van der Waals surface area contributed by atoms with Crippen LogP contribution in [-0.2, 0) is 19.1 Å². The maximum atomic E-state index is 11.9. The third-order valence-electron chi connectivity index (χ3n) is 5.73. The minimum atomic E-state index is -0.461. The molecule has 0 aromatic carbocycles. The lowest BCUT2D eigenvalue weighted by atomic mass is 10.0. The number of ether oxygens (including phenoxy) is 2. The molecule has 0 heterocycles. The number of allylic oxidation sites excluding steroid dienone is 1. The Morgan fingerprint density at radius 1 is 0.625 bits per heavy atom. The summed E-state index contributed by atoms with van der Waals surface area (Å²) in [6, 6.07) is 0. The van der Waals surface area contributed by atoms with Gasteiger partial charge in [-0.15, -0.1) is 0 Å². The van der Waals surface area contributed by atoms with Crippen LogP contribution < -0.4 is 0 Å². The van der Waals surface area contributed by atoms with Gasteiger partial charge in [-0.3, -0.25) is 0 Å².